The summed E-state index contributed by atoms with van der Waals surface area (Å²) in [6.45, 7) is 11.0. The van der Waals surface area contributed by atoms with E-state index in [1.165, 1.54) is 12.8 Å². The Morgan fingerprint density at radius 1 is 0.950 bits per heavy atom. The molecule has 2 heteroatoms. The minimum atomic E-state index is 0.645. The Morgan fingerprint density at radius 2 is 1.55 bits per heavy atom. The zero-order chi connectivity index (χ0) is 14.8. The highest BCUT2D eigenvalue weighted by molar-refractivity contribution is 5.20. The molecule has 1 aromatic carbocycles. The smallest absolute Gasteiger partial charge is 0.119 e. The van der Waals surface area contributed by atoms with E-state index in [0.717, 1.165) is 37.2 Å². The summed E-state index contributed by atoms with van der Waals surface area (Å²) in [5.41, 5.74) is 0. The Morgan fingerprint density at radius 3 is 2.10 bits per heavy atom. The summed E-state index contributed by atoms with van der Waals surface area (Å²) in [6, 6.07) is 10.7. The van der Waals surface area contributed by atoms with Crippen molar-refractivity contribution in [3.63, 3.8) is 0 Å². The van der Waals surface area contributed by atoms with E-state index in [1.54, 1.807) is 0 Å². The normalized spacial score (nSPS) is 11.6. The third-order valence-electron chi connectivity index (χ3n) is 3.28. The zero-order valence-corrected chi connectivity index (χ0v) is 13.6. The first kappa shape index (κ1) is 17.0. The van der Waals surface area contributed by atoms with Gasteiger partial charge < -0.3 is 10.1 Å². The minimum absolute atomic E-state index is 0.645. The lowest BCUT2D eigenvalue weighted by atomic mass is 9.95. The summed E-state index contributed by atoms with van der Waals surface area (Å²) in [5, 5.41) is 3.69. The van der Waals surface area contributed by atoms with Crippen LogP contribution in [0.5, 0.6) is 5.75 Å². The highest BCUT2D eigenvalue weighted by atomic mass is 16.5. The van der Waals surface area contributed by atoms with Gasteiger partial charge in [0.05, 0.1) is 6.61 Å². The summed E-state index contributed by atoms with van der Waals surface area (Å²) in [7, 11) is 0. The van der Waals surface area contributed by atoms with Crippen LogP contribution in [-0.2, 0) is 0 Å². The van der Waals surface area contributed by atoms with Crippen molar-refractivity contribution in [3.05, 3.63) is 30.3 Å². The molecule has 2 nitrogen and oxygen atoms in total. The van der Waals surface area contributed by atoms with Crippen molar-refractivity contribution in [2.45, 2.75) is 53.0 Å². The molecule has 1 rings (SSSR count). The Bertz CT molecular complexity index is 325. The number of ether oxygens (including phenoxy) is 1. The molecule has 0 fully saturated rings. The van der Waals surface area contributed by atoms with Crippen LogP contribution in [0.3, 0.4) is 0 Å². The van der Waals surface area contributed by atoms with Crippen LogP contribution >= 0.6 is 0 Å². The lowest BCUT2D eigenvalue weighted by molar-refractivity contribution is 0.295. The second kappa shape index (κ2) is 9.82. The van der Waals surface area contributed by atoms with E-state index < -0.39 is 0 Å². The Hall–Kier alpha value is -1.02. The molecule has 0 heterocycles. The number of para-hydroxylation sites is 1. The molecule has 0 spiro atoms. The largest absolute Gasteiger partial charge is 0.494 e. The fraction of sp³-hybridized carbons (Fsp3) is 0.667. The molecule has 1 aromatic rings. The maximum atomic E-state index is 5.71. The van der Waals surface area contributed by atoms with Gasteiger partial charge in [0.15, 0.2) is 0 Å². The molecule has 0 aliphatic heterocycles. The number of benzene rings is 1. The van der Waals surface area contributed by atoms with Crippen molar-refractivity contribution in [3.8, 4) is 5.75 Å². The molecule has 0 aromatic heterocycles. The highest BCUT2D eigenvalue weighted by Gasteiger charge is 2.11. The van der Waals surface area contributed by atoms with Gasteiger partial charge in [-0.25, -0.2) is 0 Å². The van der Waals surface area contributed by atoms with Crippen LogP contribution in [-0.4, -0.2) is 19.2 Å². The van der Waals surface area contributed by atoms with E-state index in [-0.39, 0.29) is 0 Å². The van der Waals surface area contributed by atoms with Crippen LogP contribution in [0.4, 0.5) is 0 Å². The topological polar surface area (TPSA) is 21.3 Å². The standard InChI is InChI=1S/C18H31NO/c1-15(2)13-17(14-16(3)4)19-11-8-12-20-18-9-6-5-7-10-18/h5-7,9-10,15-17,19H,8,11-14H2,1-4H3. The lowest BCUT2D eigenvalue weighted by Crippen LogP contribution is -2.33. The number of hydrogen-bond acceptors (Lipinski definition) is 2. The van der Waals surface area contributed by atoms with Crippen molar-refractivity contribution >= 4 is 0 Å². The van der Waals surface area contributed by atoms with Gasteiger partial charge in [0.25, 0.3) is 0 Å². The fourth-order valence-corrected chi connectivity index (χ4v) is 2.49. The first-order chi connectivity index (χ1) is 9.58. The molecular weight excluding hydrogens is 246 g/mol. The molecule has 0 amide bonds. The molecule has 1 N–H and O–H groups in total. The van der Waals surface area contributed by atoms with Gasteiger partial charge in [0, 0.05) is 6.04 Å². The second-order valence-corrected chi connectivity index (χ2v) is 6.43. The van der Waals surface area contributed by atoms with Gasteiger partial charge in [0.2, 0.25) is 0 Å². The van der Waals surface area contributed by atoms with Crippen LogP contribution in [0, 0.1) is 11.8 Å². The fourth-order valence-electron chi connectivity index (χ4n) is 2.49. The van der Waals surface area contributed by atoms with E-state index >= 15 is 0 Å². The second-order valence-electron chi connectivity index (χ2n) is 6.43. The van der Waals surface area contributed by atoms with Gasteiger partial charge in [-0.05, 0) is 49.8 Å². The molecule has 0 atom stereocenters. The SMILES string of the molecule is CC(C)CC(CC(C)C)NCCCOc1ccccc1. The summed E-state index contributed by atoms with van der Waals surface area (Å²) in [4.78, 5) is 0. The summed E-state index contributed by atoms with van der Waals surface area (Å²) >= 11 is 0. The van der Waals surface area contributed by atoms with E-state index in [0.29, 0.717) is 6.04 Å². The van der Waals surface area contributed by atoms with E-state index in [2.05, 4.69) is 33.0 Å². The maximum Gasteiger partial charge on any atom is 0.119 e. The van der Waals surface area contributed by atoms with Gasteiger partial charge in [-0.3, -0.25) is 0 Å². The predicted octanol–water partition coefficient (Wildman–Crippen LogP) is 4.51. The Balaban J connectivity index is 2.16. The molecule has 0 radical (unpaired) electrons. The molecule has 0 unspecified atom stereocenters. The van der Waals surface area contributed by atoms with E-state index in [4.69, 9.17) is 4.74 Å². The lowest BCUT2D eigenvalue weighted by Gasteiger charge is -2.22. The number of rotatable bonds is 10. The average Bonchev–Trinajstić information content (AvgIpc) is 2.38. The molecule has 20 heavy (non-hydrogen) atoms. The third-order valence-corrected chi connectivity index (χ3v) is 3.28. The third kappa shape index (κ3) is 8.21. The molecule has 0 saturated carbocycles. The van der Waals surface area contributed by atoms with Crippen LogP contribution in [0.25, 0.3) is 0 Å². The number of hydrogen-bond donors (Lipinski definition) is 1. The molecule has 0 aliphatic carbocycles. The maximum absolute atomic E-state index is 5.71. The zero-order valence-electron chi connectivity index (χ0n) is 13.6. The van der Waals surface area contributed by atoms with Crippen LogP contribution in [0.2, 0.25) is 0 Å². The average molecular weight is 277 g/mol. The van der Waals surface area contributed by atoms with Crippen molar-refractivity contribution in [2.24, 2.45) is 11.8 Å². The van der Waals surface area contributed by atoms with Gasteiger partial charge in [-0.1, -0.05) is 45.9 Å². The van der Waals surface area contributed by atoms with Gasteiger partial charge in [0.1, 0.15) is 5.75 Å². The monoisotopic (exact) mass is 277 g/mol. The summed E-state index contributed by atoms with van der Waals surface area (Å²) < 4.78 is 5.71. The van der Waals surface area contributed by atoms with Crippen LogP contribution in [0.15, 0.2) is 30.3 Å². The summed E-state index contributed by atoms with van der Waals surface area (Å²) in [5.74, 6) is 2.48. The molecule has 0 saturated heterocycles. The quantitative estimate of drug-likeness (QED) is 0.636. The number of nitrogens with one attached hydrogen (secondary N) is 1. The predicted molar refractivity (Wildman–Crippen MR) is 87.3 cm³/mol. The van der Waals surface area contributed by atoms with Crippen LogP contribution < -0.4 is 10.1 Å². The van der Waals surface area contributed by atoms with Crippen LogP contribution in [0.1, 0.15) is 47.0 Å². The van der Waals surface area contributed by atoms with E-state index in [9.17, 15) is 0 Å². The van der Waals surface area contributed by atoms with Gasteiger partial charge >= 0.3 is 0 Å². The molecule has 0 bridgehead atoms. The van der Waals surface area contributed by atoms with Crippen molar-refractivity contribution in [1.29, 1.82) is 0 Å². The first-order valence-electron chi connectivity index (χ1n) is 7.99. The molecular formula is C18H31NO. The Kier molecular flexibility index (Phi) is 8.36. The Labute approximate surface area is 124 Å². The minimum Gasteiger partial charge on any atom is -0.494 e. The van der Waals surface area contributed by atoms with Crippen molar-refractivity contribution in [2.75, 3.05) is 13.2 Å². The molecule has 114 valence electrons. The van der Waals surface area contributed by atoms with Crippen molar-refractivity contribution < 1.29 is 4.74 Å². The van der Waals surface area contributed by atoms with Crippen molar-refractivity contribution in [1.82, 2.24) is 5.32 Å². The van der Waals surface area contributed by atoms with Gasteiger partial charge in [-0.15, -0.1) is 0 Å². The van der Waals surface area contributed by atoms with Gasteiger partial charge in [-0.2, -0.15) is 0 Å². The molecule has 0 aliphatic rings. The van der Waals surface area contributed by atoms with E-state index in [1.807, 2.05) is 30.3 Å². The first-order valence-corrected chi connectivity index (χ1v) is 7.99. The summed E-state index contributed by atoms with van der Waals surface area (Å²) in [6.07, 6.45) is 3.58. The highest BCUT2D eigenvalue weighted by Crippen LogP contribution is 2.13.